The van der Waals surface area contributed by atoms with Gasteiger partial charge in [0.25, 0.3) is 0 Å². The summed E-state index contributed by atoms with van der Waals surface area (Å²) in [6.45, 7) is 0. The quantitative estimate of drug-likeness (QED) is 0.477. The smallest absolute Gasteiger partial charge is 0.238 e. The maximum atomic E-state index is 13.0. The molecule has 0 atom stereocenters. The molecule has 4 rings (SSSR count). The lowest BCUT2D eigenvalue weighted by atomic mass is 10.00. The molecule has 4 N–H and O–H groups in total. The molecule has 0 aliphatic rings. The minimum absolute atomic E-state index is 0.0273. The Balaban J connectivity index is 1.67. The predicted molar refractivity (Wildman–Crippen MR) is 112 cm³/mol. The summed E-state index contributed by atoms with van der Waals surface area (Å²) in [6, 6.07) is 16.6. The number of primary sulfonamides is 1. The second kappa shape index (κ2) is 7.54. The third kappa shape index (κ3) is 3.71. The first kappa shape index (κ1) is 19.5. The zero-order valence-corrected chi connectivity index (χ0v) is 16.5. The molecule has 2 aromatic heterocycles. The van der Waals surface area contributed by atoms with Crippen molar-refractivity contribution in [3.8, 4) is 16.8 Å². The van der Waals surface area contributed by atoms with Crippen molar-refractivity contribution >= 4 is 21.6 Å². The third-order valence-electron chi connectivity index (χ3n) is 4.58. The number of anilines is 1. The summed E-state index contributed by atoms with van der Waals surface area (Å²) in [4.78, 5) is 17.1. The molecule has 2 aromatic carbocycles. The van der Waals surface area contributed by atoms with Crippen LogP contribution in [0.25, 0.3) is 16.8 Å². The summed E-state index contributed by atoms with van der Waals surface area (Å²) in [5.41, 5.74) is 9.14. The number of benzene rings is 2. The lowest BCUT2D eigenvalue weighted by Gasteiger charge is -2.07. The van der Waals surface area contributed by atoms with E-state index in [4.69, 9.17) is 10.9 Å². The largest absolute Gasteiger partial charge is 0.383 e. The molecular weight excluding hydrogens is 402 g/mol. The minimum atomic E-state index is -3.80. The van der Waals surface area contributed by atoms with E-state index in [2.05, 4.69) is 10.1 Å². The summed E-state index contributed by atoms with van der Waals surface area (Å²) < 4.78 is 24.2. The number of sulfonamides is 1. The monoisotopic (exact) mass is 419 g/mol. The molecule has 0 radical (unpaired) electrons. The molecule has 0 amide bonds. The molecule has 0 fully saturated rings. The van der Waals surface area contributed by atoms with E-state index < -0.39 is 10.0 Å². The zero-order valence-electron chi connectivity index (χ0n) is 15.6. The minimum Gasteiger partial charge on any atom is -0.383 e. The zero-order chi connectivity index (χ0) is 21.3. The van der Waals surface area contributed by atoms with Crippen molar-refractivity contribution in [2.24, 2.45) is 5.14 Å². The summed E-state index contributed by atoms with van der Waals surface area (Å²) in [5, 5.41) is 9.30. The van der Waals surface area contributed by atoms with Gasteiger partial charge in [-0.1, -0.05) is 24.3 Å². The van der Waals surface area contributed by atoms with Crippen molar-refractivity contribution in [2.75, 3.05) is 5.73 Å². The summed E-state index contributed by atoms with van der Waals surface area (Å²) in [5.74, 6) is -0.124. The maximum Gasteiger partial charge on any atom is 0.238 e. The van der Waals surface area contributed by atoms with Crippen molar-refractivity contribution in [1.29, 1.82) is 0 Å². The van der Waals surface area contributed by atoms with Crippen molar-refractivity contribution < 1.29 is 13.2 Å². The number of hydrogen-bond donors (Lipinski definition) is 2. The van der Waals surface area contributed by atoms with Gasteiger partial charge in [0.2, 0.25) is 10.0 Å². The molecule has 0 saturated carbocycles. The highest BCUT2D eigenvalue weighted by atomic mass is 32.2. The lowest BCUT2D eigenvalue weighted by molar-refractivity contribution is 0.103. The molecule has 9 heteroatoms. The van der Waals surface area contributed by atoms with Crippen molar-refractivity contribution in [3.05, 3.63) is 90.4 Å². The first-order valence-electron chi connectivity index (χ1n) is 8.86. The van der Waals surface area contributed by atoms with Crippen LogP contribution in [-0.2, 0) is 10.0 Å². The molecule has 0 spiro atoms. The normalized spacial score (nSPS) is 11.4. The van der Waals surface area contributed by atoms with Crippen LogP contribution in [0.3, 0.4) is 0 Å². The highest BCUT2D eigenvalue weighted by Gasteiger charge is 2.19. The van der Waals surface area contributed by atoms with Gasteiger partial charge in [-0.3, -0.25) is 9.78 Å². The van der Waals surface area contributed by atoms with Gasteiger partial charge >= 0.3 is 0 Å². The molecule has 8 nitrogen and oxygen atoms in total. The number of nitrogen functional groups attached to an aromatic ring is 1. The number of ketones is 1. The Morgan fingerprint density at radius 1 is 0.933 bits per heavy atom. The number of nitrogens with zero attached hydrogens (tertiary/aromatic N) is 3. The maximum absolute atomic E-state index is 13.0. The van der Waals surface area contributed by atoms with E-state index >= 15 is 0 Å². The number of aromatic nitrogens is 3. The van der Waals surface area contributed by atoms with Gasteiger partial charge in [-0.2, -0.15) is 5.10 Å². The fraction of sp³-hybridized carbons (Fsp3) is 0. The summed E-state index contributed by atoms with van der Waals surface area (Å²) in [6.07, 6.45) is 4.80. The Morgan fingerprint density at radius 3 is 2.33 bits per heavy atom. The second-order valence-electron chi connectivity index (χ2n) is 6.55. The molecular formula is C21H17N5O3S. The van der Waals surface area contributed by atoms with Crippen molar-refractivity contribution in [3.63, 3.8) is 0 Å². The van der Waals surface area contributed by atoms with Crippen LogP contribution in [0.4, 0.5) is 5.82 Å². The molecule has 4 aromatic rings. The van der Waals surface area contributed by atoms with Gasteiger partial charge in [0.15, 0.2) is 5.78 Å². The highest BCUT2D eigenvalue weighted by Crippen LogP contribution is 2.24. The summed E-state index contributed by atoms with van der Waals surface area (Å²) >= 11 is 0. The van der Waals surface area contributed by atoms with Crippen LogP contribution in [0, 0.1) is 0 Å². The summed E-state index contributed by atoms with van der Waals surface area (Å²) in [7, 11) is -3.80. The Bertz CT molecular complexity index is 1330. The Kier molecular flexibility index (Phi) is 4.90. The Labute approximate surface area is 172 Å². The van der Waals surface area contributed by atoms with E-state index in [9.17, 15) is 13.2 Å². The van der Waals surface area contributed by atoms with Crippen LogP contribution in [-0.4, -0.2) is 29.0 Å². The predicted octanol–water partition coefficient (Wildman–Crippen LogP) is 2.39. The number of carbonyl (C=O) groups excluding carboxylic acids is 1. The first-order chi connectivity index (χ1) is 14.3. The molecule has 2 heterocycles. The first-order valence-corrected chi connectivity index (χ1v) is 10.4. The van der Waals surface area contributed by atoms with Gasteiger partial charge in [0.05, 0.1) is 22.3 Å². The van der Waals surface area contributed by atoms with Gasteiger partial charge in [-0.25, -0.2) is 18.2 Å². The molecule has 0 unspecified atom stereocenters. The van der Waals surface area contributed by atoms with Crippen LogP contribution in [0.15, 0.2) is 84.1 Å². The number of nitrogens with two attached hydrogens (primary N) is 2. The Morgan fingerprint density at radius 2 is 1.67 bits per heavy atom. The molecule has 0 aliphatic carbocycles. The van der Waals surface area contributed by atoms with Crippen LogP contribution in [0.5, 0.6) is 0 Å². The average molecular weight is 419 g/mol. The van der Waals surface area contributed by atoms with Crippen molar-refractivity contribution in [1.82, 2.24) is 14.8 Å². The van der Waals surface area contributed by atoms with E-state index in [0.717, 1.165) is 11.1 Å². The third-order valence-corrected chi connectivity index (χ3v) is 5.51. The van der Waals surface area contributed by atoms with Gasteiger partial charge in [0, 0.05) is 23.5 Å². The SMILES string of the molecule is Nc1c(C(=O)c2cccc(-c3cccnc3)c2)cnn1-c1ccc(S(N)(=O)=O)cc1. The van der Waals surface area contributed by atoms with Crippen LogP contribution < -0.4 is 10.9 Å². The van der Waals surface area contributed by atoms with E-state index in [-0.39, 0.29) is 22.1 Å². The van der Waals surface area contributed by atoms with E-state index in [1.165, 1.54) is 35.1 Å². The molecule has 0 bridgehead atoms. The molecule has 0 saturated heterocycles. The number of rotatable bonds is 5. The number of pyridine rings is 1. The van der Waals surface area contributed by atoms with Gasteiger partial charge in [0.1, 0.15) is 5.82 Å². The van der Waals surface area contributed by atoms with Crippen LogP contribution >= 0.6 is 0 Å². The fourth-order valence-electron chi connectivity index (χ4n) is 3.04. The second-order valence-corrected chi connectivity index (χ2v) is 8.11. The molecule has 150 valence electrons. The van der Waals surface area contributed by atoms with Crippen molar-refractivity contribution in [2.45, 2.75) is 4.90 Å². The van der Waals surface area contributed by atoms with Crippen LogP contribution in [0.2, 0.25) is 0 Å². The Hall–Kier alpha value is -3.82. The lowest BCUT2D eigenvalue weighted by Crippen LogP contribution is -2.12. The number of hydrogen-bond acceptors (Lipinski definition) is 6. The number of carbonyl (C=O) groups is 1. The van der Waals surface area contributed by atoms with Crippen LogP contribution in [0.1, 0.15) is 15.9 Å². The fourth-order valence-corrected chi connectivity index (χ4v) is 3.56. The topological polar surface area (TPSA) is 134 Å². The standard InChI is InChI=1S/C21H17N5O3S/c22-21-19(13-25-26(21)17-6-8-18(9-7-17)30(23,28)29)20(27)15-4-1-3-14(11-15)16-5-2-10-24-12-16/h1-13H,22H2,(H2,23,28,29). The molecule has 30 heavy (non-hydrogen) atoms. The van der Waals surface area contributed by atoms with E-state index in [1.807, 2.05) is 18.2 Å². The van der Waals surface area contributed by atoms with Gasteiger partial charge < -0.3 is 5.73 Å². The van der Waals surface area contributed by atoms with Gasteiger partial charge in [-0.05, 0) is 42.0 Å². The average Bonchev–Trinajstić information content (AvgIpc) is 3.14. The van der Waals surface area contributed by atoms with E-state index in [0.29, 0.717) is 11.3 Å². The highest BCUT2D eigenvalue weighted by molar-refractivity contribution is 7.89. The molecule has 0 aliphatic heterocycles. The van der Waals surface area contributed by atoms with Gasteiger partial charge in [-0.15, -0.1) is 0 Å². The van der Waals surface area contributed by atoms with E-state index in [1.54, 1.807) is 30.6 Å².